The number of aryl methyl sites for hydroxylation is 1. The SMILES string of the molecule is CN(C)CCCc1ccc(OCc2ccc(F)cc2)cc1. The van der Waals surface area contributed by atoms with E-state index in [1.54, 1.807) is 12.1 Å². The highest BCUT2D eigenvalue weighted by atomic mass is 19.1. The Morgan fingerprint density at radius 1 is 0.905 bits per heavy atom. The van der Waals surface area contributed by atoms with Gasteiger partial charge in [0.1, 0.15) is 18.2 Å². The summed E-state index contributed by atoms with van der Waals surface area (Å²) < 4.78 is 18.5. The summed E-state index contributed by atoms with van der Waals surface area (Å²) in [6.07, 6.45) is 2.24. The zero-order valence-electron chi connectivity index (χ0n) is 12.7. The minimum absolute atomic E-state index is 0.221. The molecule has 3 heteroatoms. The van der Waals surface area contributed by atoms with E-state index in [0.29, 0.717) is 6.61 Å². The van der Waals surface area contributed by atoms with Gasteiger partial charge in [-0.15, -0.1) is 0 Å². The van der Waals surface area contributed by atoms with E-state index in [1.807, 2.05) is 12.1 Å². The molecule has 0 aromatic heterocycles. The maximum absolute atomic E-state index is 12.8. The van der Waals surface area contributed by atoms with E-state index in [0.717, 1.165) is 30.7 Å². The van der Waals surface area contributed by atoms with Gasteiger partial charge in [-0.3, -0.25) is 0 Å². The number of benzene rings is 2. The van der Waals surface area contributed by atoms with E-state index in [4.69, 9.17) is 4.74 Å². The maximum atomic E-state index is 12.8. The Morgan fingerprint density at radius 3 is 2.14 bits per heavy atom. The van der Waals surface area contributed by atoms with Crippen molar-refractivity contribution in [3.63, 3.8) is 0 Å². The Hall–Kier alpha value is -1.87. The Morgan fingerprint density at radius 2 is 1.52 bits per heavy atom. The molecule has 0 bridgehead atoms. The van der Waals surface area contributed by atoms with Gasteiger partial charge in [0.25, 0.3) is 0 Å². The molecule has 0 unspecified atom stereocenters. The van der Waals surface area contributed by atoms with E-state index in [9.17, 15) is 4.39 Å². The number of hydrogen-bond acceptors (Lipinski definition) is 2. The first-order valence-corrected chi connectivity index (χ1v) is 7.24. The van der Waals surface area contributed by atoms with Crippen LogP contribution in [0.2, 0.25) is 0 Å². The molecule has 112 valence electrons. The molecule has 2 aromatic rings. The summed E-state index contributed by atoms with van der Waals surface area (Å²) in [4.78, 5) is 2.19. The van der Waals surface area contributed by atoms with Gasteiger partial charge in [-0.2, -0.15) is 0 Å². The lowest BCUT2D eigenvalue weighted by Crippen LogP contribution is -2.13. The molecule has 0 fully saturated rings. The third kappa shape index (κ3) is 5.56. The number of nitrogens with zero attached hydrogens (tertiary/aromatic N) is 1. The van der Waals surface area contributed by atoms with Crippen molar-refractivity contribution in [3.8, 4) is 5.75 Å². The second-order valence-electron chi connectivity index (χ2n) is 5.47. The topological polar surface area (TPSA) is 12.5 Å². The van der Waals surface area contributed by atoms with Gasteiger partial charge >= 0.3 is 0 Å². The Balaban J connectivity index is 1.80. The molecule has 0 N–H and O–H groups in total. The molecular formula is C18H22FNO. The molecule has 0 heterocycles. The highest BCUT2D eigenvalue weighted by molar-refractivity contribution is 5.28. The standard InChI is InChI=1S/C18H22FNO/c1-20(2)13-3-4-15-7-11-18(12-8-15)21-14-16-5-9-17(19)10-6-16/h5-12H,3-4,13-14H2,1-2H3. The van der Waals surface area contributed by atoms with Crippen LogP contribution >= 0.6 is 0 Å². The third-order valence-corrected chi connectivity index (χ3v) is 3.31. The first-order valence-electron chi connectivity index (χ1n) is 7.24. The minimum Gasteiger partial charge on any atom is -0.489 e. The second-order valence-corrected chi connectivity index (χ2v) is 5.47. The average molecular weight is 287 g/mol. The summed E-state index contributed by atoms with van der Waals surface area (Å²) in [7, 11) is 4.18. The number of halogens is 1. The van der Waals surface area contributed by atoms with Crippen LogP contribution in [-0.2, 0) is 13.0 Å². The summed E-state index contributed by atoms with van der Waals surface area (Å²) in [5.74, 6) is 0.622. The predicted molar refractivity (Wildman–Crippen MR) is 84.0 cm³/mol. The van der Waals surface area contributed by atoms with Crippen LogP contribution in [0.5, 0.6) is 5.75 Å². The Kier molecular flexibility index (Phi) is 5.76. The molecule has 2 nitrogen and oxygen atoms in total. The third-order valence-electron chi connectivity index (χ3n) is 3.31. The van der Waals surface area contributed by atoms with Crippen LogP contribution < -0.4 is 4.74 Å². The average Bonchev–Trinajstić information content (AvgIpc) is 2.48. The van der Waals surface area contributed by atoms with Crippen LogP contribution in [0.15, 0.2) is 48.5 Å². The molecule has 0 saturated carbocycles. The smallest absolute Gasteiger partial charge is 0.123 e. The van der Waals surface area contributed by atoms with Crippen LogP contribution in [0.4, 0.5) is 4.39 Å². The summed E-state index contributed by atoms with van der Waals surface area (Å²) in [5.41, 5.74) is 2.29. The van der Waals surface area contributed by atoms with Crippen molar-refractivity contribution < 1.29 is 9.13 Å². The lowest BCUT2D eigenvalue weighted by Gasteiger charge is -2.10. The fourth-order valence-corrected chi connectivity index (χ4v) is 2.10. The van der Waals surface area contributed by atoms with Crippen molar-refractivity contribution in [2.45, 2.75) is 19.4 Å². The number of hydrogen-bond donors (Lipinski definition) is 0. The molecule has 0 aliphatic carbocycles. The first kappa shape index (κ1) is 15.5. The fourth-order valence-electron chi connectivity index (χ4n) is 2.10. The fraction of sp³-hybridized carbons (Fsp3) is 0.333. The van der Waals surface area contributed by atoms with Crippen molar-refractivity contribution in [2.75, 3.05) is 20.6 Å². The summed E-state index contributed by atoms with van der Waals surface area (Å²) in [6.45, 7) is 1.56. The molecule has 0 amide bonds. The van der Waals surface area contributed by atoms with Crippen molar-refractivity contribution in [3.05, 3.63) is 65.5 Å². The van der Waals surface area contributed by atoms with Crippen molar-refractivity contribution in [1.29, 1.82) is 0 Å². The monoisotopic (exact) mass is 287 g/mol. The van der Waals surface area contributed by atoms with Gasteiger partial charge in [-0.25, -0.2) is 4.39 Å². The van der Waals surface area contributed by atoms with Gasteiger partial charge in [0.15, 0.2) is 0 Å². The number of ether oxygens (including phenoxy) is 1. The largest absolute Gasteiger partial charge is 0.489 e. The van der Waals surface area contributed by atoms with Crippen molar-refractivity contribution >= 4 is 0 Å². The van der Waals surface area contributed by atoms with Crippen LogP contribution in [0.1, 0.15) is 17.5 Å². The zero-order valence-corrected chi connectivity index (χ0v) is 12.7. The Bertz CT molecular complexity index is 534. The predicted octanol–water partition coefficient (Wildman–Crippen LogP) is 3.90. The van der Waals surface area contributed by atoms with Gasteiger partial charge in [-0.1, -0.05) is 24.3 Å². The normalized spacial score (nSPS) is 10.9. The maximum Gasteiger partial charge on any atom is 0.123 e. The molecule has 0 spiro atoms. The minimum atomic E-state index is -0.221. The molecular weight excluding hydrogens is 265 g/mol. The lowest BCUT2D eigenvalue weighted by molar-refractivity contribution is 0.306. The van der Waals surface area contributed by atoms with Crippen LogP contribution in [0.3, 0.4) is 0 Å². The molecule has 0 aliphatic rings. The highest BCUT2D eigenvalue weighted by Crippen LogP contribution is 2.15. The highest BCUT2D eigenvalue weighted by Gasteiger charge is 1.99. The molecule has 21 heavy (non-hydrogen) atoms. The first-order chi connectivity index (χ1) is 10.1. The summed E-state index contributed by atoms with van der Waals surface area (Å²) in [6, 6.07) is 14.6. The van der Waals surface area contributed by atoms with E-state index < -0.39 is 0 Å². The molecule has 0 atom stereocenters. The van der Waals surface area contributed by atoms with E-state index in [2.05, 4.69) is 31.1 Å². The lowest BCUT2D eigenvalue weighted by atomic mass is 10.1. The molecule has 2 rings (SSSR count). The van der Waals surface area contributed by atoms with Crippen LogP contribution in [-0.4, -0.2) is 25.5 Å². The van der Waals surface area contributed by atoms with Gasteiger partial charge in [0.05, 0.1) is 0 Å². The van der Waals surface area contributed by atoms with Gasteiger partial charge < -0.3 is 9.64 Å². The van der Waals surface area contributed by atoms with Gasteiger partial charge in [-0.05, 0) is 68.9 Å². The molecule has 0 saturated heterocycles. The van der Waals surface area contributed by atoms with E-state index >= 15 is 0 Å². The van der Waals surface area contributed by atoms with Gasteiger partial charge in [0.2, 0.25) is 0 Å². The zero-order chi connectivity index (χ0) is 15.1. The Labute approximate surface area is 126 Å². The van der Waals surface area contributed by atoms with Crippen LogP contribution in [0.25, 0.3) is 0 Å². The summed E-state index contributed by atoms with van der Waals surface area (Å²) >= 11 is 0. The van der Waals surface area contributed by atoms with Gasteiger partial charge in [0, 0.05) is 0 Å². The van der Waals surface area contributed by atoms with Crippen LogP contribution in [0, 0.1) is 5.82 Å². The molecule has 2 aromatic carbocycles. The molecule has 0 radical (unpaired) electrons. The van der Waals surface area contributed by atoms with Crippen molar-refractivity contribution in [1.82, 2.24) is 4.90 Å². The second kappa shape index (κ2) is 7.79. The molecule has 0 aliphatic heterocycles. The van der Waals surface area contributed by atoms with E-state index in [-0.39, 0.29) is 5.82 Å². The number of rotatable bonds is 7. The van der Waals surface area contributed by atoms with Crippen molar-refractivity contribution in [2.24, 2.45) is 0 Å². The summed E-state index contributed by atoms with van der Waals surface area (Å²) in [5, 5.41) is 0. The van der Waals surface area contributed by atoms with E-state index in [1.165, 1.54) is 17.7 Å². The quantitative estimate of drug-likeness (QED) is 0.766.